The number of allylic oxidation sites excluding steroid dienone is 1. The van der Waals surface area contributed by atoms with Crippen molar-refractivity contribution in [3.8, 4) is 0 Å². The largest absolute Gasteiger partial charge is 0.314 e. The van der Waals surface area contributed by atoms with Gasteiger partial charge in [0.15, 0.2) is 5.78 Å². The third-order valence-electron chi connectivity index (χ3n) is 2.13. The van der Waals surface area contributed by atoms with E-state index in [0.717, 1.165) is 13.0 Å². The molecule has 0 bridgehead atoms. The molecule has 0 saturated carbocycles. The Morgan fingerprint density at radius 1 is 1.73 bits per heavy atom. The molecule has 2 nitrogen and oxygen atoms in total. The van der Waals surface area contributed by atoms with Crippen LogP contribution in [0.4, 0.5) is 0 Å². The van der Waals surface area contributed by atoms with Gasteiger partial charge >= 0.3 is 0 Å². The van der Waals surface area contributed by atoms with Gasteiger partial charge in [0.2, 0.25) is 0 Å². The maximum absolute atomic E-state index is 10.8. The highest BCUT2D eigenvalue weighted by Gasteiger charge is 2.13. The number of carbonyl (C=O) groups excluding carboxylic acids is 1. The van der Waals surface area contributed by atoms with E-state index in [1.807, 2.05) is 0 Å². The van der Waals surface area contributed by atoms with Crippen LogP contribution in [0.25, 0.3) is 0 Å². The number of nitrogens with one attached hydrogen (secondary N) is 1. The molecule has 0 spiro atoms. The van der Waals surface area contributed by atoms with Gasteiger partial charge in [0, 0.05) is 12.5 Å². The Balaban J connectivity index is 2.10. The van der Waals surface area contributed by atoms with Gasteiger partial charge in [-0.2, -0.15) is 0 Å². The van der Waals surface area contributed by atoms with Crippen molar-refractivity contribution in [3.63, 3.8) is 0 Å². The lowest BCUT2D eigenvalue weighted by molar-refractivity contribution is -0.114. The van der Waals surface area contributed by atoms with Crippen LogP contribution in [0.3, 0.4) is 0 Å². The molecule has 62 valence electrons. The fourth-order valence-corrected chi connectivity index (χ4v) is 1.42. The molecule has 0 aromatic heterocycles. The Hall–Kier alpha value is -0.630. The molecule has 0 aromatic carbocycles. The Morgan fingerprint density at radius 2 is 2.55 bits per heavy atom. The maximum atomic E-state index is 10.8. The minimum atomic E-state index is 0.165. The van der Waals surface area contributed by atoms with Crippen LogP contribution in [0.5, 0.6) is 0 Å². The highest BCUT2D eigenvalue weighted by Crippen LogP contribution is 2.10. The molecule has 0 aromatic rings. The average Bonchev–Trinajstić information content (AvgIpc) is 2.52. The van der Waals surface area contributed by atoms with Crippen LogP contribution < -0.4 is 5.32 Å². The first-order chi connectivity index (χ1) is 5.33. The van der Waals surface area contributed by atoms with Gasteiger partial charge in [0.05, 0.1) is 0 Å². The Bertz CT molecular complexity index is 148. The van der Waals surface area contributed by atoms with E-state index in [4.69, 9.17) is 0 Å². The quantitative estimate of drug-likeness (QED) is 0.616. The smallest absolute Gasteiger partial charge is 0.155 e. The molecule has 1 aliphatic heterocycles. The average molecular weight is 153 g/mol. The van der Waals surface area contributed by atoms with E-state index >= 15 is 0 Å². The Kier molecular flexibility index (Phi) is 3.30. The molecule has 0 radical (unpaired) electrons. The van der Waals surface area contributed by atoms with Gasteiger partial charge < -0.3 is 5.32 Å². The maximum Gasteiger partial charge on any atom is 0.155 e. The Labute approximate surface area is 67.7 Å². The summed E-state index contributed by atoms with van der Waals surface area (Å²) in [6.07, 6.45) is 5.53. The molecule has 1 aliphatic rings. The summed E-state index contributed by atoms with van der Waals surface area (Å²) in [4.78, 5) is 10.8. The van der Waals surface area contributed by atoms with Gasteiger partial charge in [-0.1, -0.05) is 6.58 Å². The third kappa shape index (κ3) is 2.85. The number of carbonyl (C=O) groups is 1. The van der Waals surface area contributed by atoms with Crippen molar-refractivity contribution >= 4 is 5.78 Å². The first-order valence-electron chi connectivity index (χ1n) is 4.21. The molecule has 11 heavy (non-hydrogen) atoms. The van der Waals surface area contributed by atoms with E-state index in [0.29, 0.717) is 12.5 Å². The summed E-state index contributed by atoms with van der Waals surface area (Å²) in [5, 5.41) is 3.35. The molecule has 1 N–H and O–H groups in total. The predicted octanol–water partition coefficient (Wildman–Crippen LogP) is 1.27. The van der Waals surface area contributed by atoms with Gasteiger partial charge in [-0.3, -0.25) is 4.79 Å². The van der Waals surface area contributed by atoms with Crippen molar-refractivity contribution in [3.05, 3.63) is 12.7 Å². The van der Waals surface area contributed by atoms with Crippen molar-refractivity contribution in [1.29, 1.82) is 0 Å². The number of rotatable bonds is 4. The van der Waals surface area contributed by atoms with E-state index in [2.05, 4.69) is 11.9 Å². The molecule has 1 fully saturated rings. The molecular weight excluding hydrogens is 138 g/mol. The summed E-state index contributed by atoms with van der Waals surface area (Å²) >= 11 is 0. The second-order valence-electron chi connectivity index (χ2n) is 3.00. The van der Waals surface area contributed by atoms with E-state index in [9.17, 15) is 4.79 Å². The summed E-state index contributed by atoms with van der Waals surface area (Å²) in [5.74, 6) is 0.165. The highest BCUT2D eigenvalue weighted by atomic mass is 16.1. The minimum absolute atomic E-state index is 0.165. The summed E-state index contributed by atoms with van der Waals surface area (Å²) in [6, 6.07) is 0.582. The van der Waals surface area contributed by atoms with Crippen LogP contribution >= 0.6 is 0 Å². The van der Waals surface area contributed by atoms with Crippen molar-refractivity contribution in [2.45, 2.75) is 31.7 Å². The number of hydrogen-bond acceptors (Lipinski definition) is 2. The topological polar surface area (TPSA) is 29.1 Å². The van der Waals surface area contributed by atoms with Crippen LogP contribution in [0.1, 0.15) is 25.7 Å². The van der Waals surface area contributed by atoms with Crippen LogP contribution in [-0.4, -0.2) is 18.4 Å². The van der Waals surface area contributed by atoms with E-state index in [-0.39, 0.29) is 5.78 Å². The summed E-state index contributed by atoms with van der Waals surface area (Å²) < 4.78 is 0. The summed E-state index contributed by atoms with van der Waals surface area (Å²) in [5.41, 5.74) is 0. The molecule has 1 saturated heterocycles. The van der Waals surface area contributed by atoms with Crippen LogP contribution in [0.2, 0.25) is 0 Å². The molecule has 1 rings (SSSR count). The van der Waals surface area contributed by atoms with Gasteiger partial charge in [-0.25, -0.2) is 0 Å². The number of ketones is 1. The first kappa shape index (κ1) is 8.47. The van der Waals surface area contributed by atoms with Crippen molar-refractivity contribution in [2.75, 3.05) is 6.54 Å². The van der Waals surface area contributed by atoms with Crippen LogP contribution in [-0.2, 0) is 4.79 Å². The van der Waals surface area contributed by atoms with Crippen molar-refractivity contribution < 1.29 is 4.79 Å². The lowest BCUT2D eigenvalue weighted by atomic mass is 10.1. The zero-order valence-corrected chi connectivity index (χ0v) is 6.81. The minimum Gasteiger partial charge on any atom is -0.314 e. The second kappa shape index (κ2) is 4.29. The van der Waals surface area contributed by atoms with Crippen molar-refractivity contribution in [2.24, 2.45) is 0 Å². The normalized spacial score (nSPS) is 23.5. The van der Waals surface area contributed by atoms with Crippen LogP contribution in [0.15, 0.2) is 12.7 Å². The molecule has 1 heterocycles. The molecule has 0 aliphatic carbocycles. The van der Waals surface area contributed by atoms with E-state index in [1.54, 1.807) is 0 Å². The van der Waals surface area contributed by atoms with E-state index < -0.39 is 0 Å². The van der Waals surface area contributed by atoms with Gasteiger partial charge in [-0.15, -0.1) is 0 Å². The third-order valence-corrected chi connectivity index (χ3v) is 2.13. The Morgan fingerprint density at radius 3 is 3.09 bits per heavy atom. The monoisotopic (exact) mass is 153 g/mol. The second-order valence-corrected chi connectivity index (χ2v) is 3.00. The summed E-state index contributed by atoms with van der Waals surface area (Å²) in [7, 11) is 0. The molecule has 0 amide bonds. The molecular formula is C9H15NO. The zero-order chi connectivity index (χ0) is 8.10. The van der Waals surface area contributed by atoms with Gasteiger partial charge in [-0.05, 0) is 31.9 Å². The van der Waals surface area contributed by atoms with Crippen LogP contribution in [0, 0.1) is 0 Å². The summed E-state index contributed by atoms with van der Waals surface area (Å²) in [6.45, 7) is 4.55. The predicted molar refractivity (Wildman–Crippen MR) is 45.5 cm³/mol. The fraction of sp³-hybridized carbons (Fsp3) is 0.667. The fourth-order valence-electron chi connectivity index (χ4n) is 1.42. The lowest BCUT2D eigenvalue weighted by Gasteiger charge is -2.06. The first-order valence-corrected chi connectivity index (χ1v) is 4.21. The molecule has 1 atom stereocenters. The van der Waals surface area contributed by atoms with E-state index in [1.165, 1.54) is 18.9 Å². The van der Waals surface area contributed by atoms with Crippen molar-refractivity contribution in [1.82, 2.24) is 5.32 Å². The molecule has 2 heteroatoms. The zero-order valence-electron chi connectivity index (χ0n) is 6.81. The standard InChI is InChI=1S/C9H15NO/c1-2-9(11)6-5-8-4-3-7-10-8/h2,8,10H,1,3-7H2. The number of hydrogen-bond donors (Lipinski definition) is 1. The van der Waals surface area contributed by atoms with Gasteiger partial charge in [0.1, 0.15) is 0 Å². The van der Waals surface area contributed by atoms with Gasteiger partial charge in [0.25, 0.3) is 0 Å². The molecule has 1 unspecified atom stereocenters. The SMILES string of the molecule is C=CC(=O)CCC1CCCN1. The highest BCUT2D eigenvalue weighted by molar-refractivity contribution is 5.88. The lowest BCUT2D eigenvalue weighted by Crippen LogP contribution is -2.21.